The summed E-state index contributed by atoms with van der Waals surface area (Å²) in [6.07, 6.45) is 20.1. The number of hydrogen-bond acceptors (Lipinski definition) is 3. The van der Waals surface area contributed by atoms with Crippen LogP contribution in [0.3, 0.4) is 0 Å². The van der Waals surface area contributed by atoms with Gasteiger partial charge in [0.2, 0.25) is 0 Å². The lowest BCUT2D eigenvalue weighted by molar-refractivity contribution is -0.145. The zero-order valence-electron chi connectivity index (χ0n) is 16.3. The van der Waals surface area contributed by atoms with Crippen molar-refractivity contribution in [1.29, 1.82) is 0 Å². The number of allylic oxidation sites excluding steroid dienone is 6. The SMILES string of the molecule is CCCCC=CC=CC=CCCCCC(=O)CCC(=O)OCC(C)C. The van der Waals surface area contributed by atoms with Gasteiger partial charge < -0.3 is 4.74 Å². The summed E-state index contributed by atoms with van der Waals surface area (Å²) in [5.74, 6) is 0.225. The molecule has 0 aromatic carbocycles. The van der Waals surface area contributed by atoms with Crippen LogP contribution in [0.1, 0.15) is 78.6 Å². The summed E-state index contributed by atoms with van der Waals surface area (Å²) in [5, 5.41) is 0. The van der Waals surface area contributed by atoms with E-state index in [2.05, 4.69) is 31.2 Å². The van der Waals surface area contributed by atoms with Gasteiger partial charge in [0.15, 0.2) is 0 Å². The number of hydrogen-bond donors (Lipinski definition) is 0. The lowest BCUT2D eigenvalue weighted by Gasteiger charge is -2.06. The second-order valence-electron chi connectivity index (χ2n) is 6.74. The van der Waals surface area contributed by atoms with Crippen LogP contribution in [0.5, 0.6) is 0 Å². The summed E-state index contributed by atoms with van der Waals surface area (Å²) in [6, 6.07) is 0. The number of ether oxygens (including phenoxy) is 1. The van der Waals surface area contributed by atoms with Gasteiger partial charge in [-0.25, -0.2) is 0 Å². The van der Waals surface area contributed by atoms with Crippen molar-refractivity contribution in [3.8, 4) is 0 Å². The van der Waals surface area contributed by atoms with E-state index >= 15 is 0 Å². The molecule has 0 radical (unpaired) electrons. The van der Waals surface area contributed by atoms with Crippen LogP contribution in [-0.4, -0.2) is 18.4 Å². The van der Waals surface area contributed by atoms with E-state index in [1.165, 1.54) is 12.8 Å². The first kappa shape index (κ1) is 23.4. The molecule has 3 heteroatoms. The highest BCUT2D eigenvalue weighted by Gasteiger charge is 2.08. The van der Waals surface area contributed by atoms with E-state index in [1.54, 1.807) is 0 Å². The lowest BCUT2D eigenvalue weighted by atomic mass is 10.1. The Balaban J connectivity index is 3.56. The maximum atomic E-state index is 11.7. The Hall–Kier alpha value is -1.64. The van der Waals surface area contributed by atoms with Gasteiger partial charge in [-0.1, -0.05) is 70.1 Å². The predicted molar refractivity (Wildman–Crippen MR) is 105 cm³/mol. The topological polar surface area (TPSA) is 43.4 Å². The molecule has 0 N–H and O–H groups in total. The first-order valence-electron chi connectivity index (χ1n) is 9.71. The predicted octanol–water partition coefficient (Wildman–Crippen LogP) is 5.95. The lowest BCUT2D eigenvalue weighted by Crippen LogP contribution is -2.11. The van der Waals surface area contributed by atoms with Gasteiger partial charge in [0.05, 0.1) is 13.0 Å². The first-order valence-corrected chi connectivity index (χ1v) is 9.71. The van der Waals surface area contributed by atoms with Gasteiger partial charge in [-0.3, -0.25) is 9.59 Å². The van der Waals surface area contributed by atoms with Crippen LogP contribution in [0.2, 0.25) is 0 Å². The Kier molecular flexibility index (Phi) is 16.1. The highest BCUT2D eigenvalue weighted by Crippen LogP contribution is 2.06. The quantitative estimate of drug-likeness (QED) is 0.208. The van der Waals surface area contributed by atoms with Crippen LogP contribution in [0.15, 0.2) is 36.5 Å². The molecule has 0 saturated carbocycles. The fourth-order valence-electron chi connectivity index (χ4n) is 2.08. The third kappa shape index (κ3) is 18.5. The maximum Gasteiger partial charge on any atom is 0.306 e. The minimum Gasteiger partial charge on any atom is -0.465 e. The molecule has 142 valence electrons. The fourth-order valence-corrected chi connectivity index (χ4v) is 2.08. The van der Waals surface area contributed by atoms with Crippen LogP contribution in [0.25, 0.3) is 0 Å². The van der Waals surface area contributed by atoms with E-state index < -0.39 is 0 Å². The van der Waals surface area contributed by atoms with Crippen molar-refractivity contribution in [2.24, 2.45) is 5.92 Å². The Morgan fingerprint density at radius 2 is 1.48 bits per heavy atom. The average Bonchev–Trinajstić information content (AvgIpc) is 2.59. The van der Waals surface area contributed by atoms with Crippen molar-refractivity contribution in [1.82, 2.24) is 0 Å². The number of carbonyl (C=O) groups is 2. The largest absolute Gasteiger partial charge is 0.465 e. The number of esters is 1. The Morgan fingerprint density at radius 1 is 0.840 bits per heavy atom. The van der Waals surface area contributed by atoms with Crippen LogP contribution in [0.4, 0.5) is 0 Å². The minimum atomic E-state index is -0.263. The number of Topliss-reactive ketones (excluding diaryl/α,β-unsaturated/α-hetero) is 1. The molecule has 0 rings (SSSR count). The second kappa shape index (κ2) is 17.2. The highest BCUT2D eigenvalue weighted by atomic mass is 16.5. The summed E-state index contributed by atoms with van der Waals surface area (Å²) in [6.45, 7) is 6.62. The molecule has 0 bridgehead atoms. The van der Waals surface area contributed by atoms with Crippen molar-refractivity contribution in [3.05, 3.63) is 36.5 Å². The molecular formula is C22H36O3. The molecule has 25 heavy (non-hydrogen) atoms. The summed E-state index contributed by atoms with van der Waals surface area (Å²) < 4.78 is 5.06. The molecule has 0 saturated heterocycles. The number of ketones is 1. The van der Waals surface area contributed by atoms with Crippen molar-refractivity contribution >= 4 is 11.8 Å². The molecule has 0 unspecified atom stereocenters. The zero-order valence-corrected chi connectivity index (χ0v) is 16.3. The van der Waals surface area contributed by atoms with Gasteiger partial charge in [0.1, 0.15) is 5.78 Å². The van der Waals surface area contributed by atoms with Crippen molar-refractivity contribution in [2.45, 2.75) is 78.6 Å². The second-order valence-corrected chi connectivity index (χ2v) is 6.74. The molecule has 0 aliphatic carbocycles. The molecule has 0 fully saturated rings. The van der Waals surface area contributed by atoms with Gasteiger partial charge in [0, 0.05) is 12.8 Å². The molecule has 0 aromatic heterocycles. The Bertz CT molecular complexity index is 431. The number of unbranched alkanes of at least 4 members (excludes halogenated alkanes) is 4. The van der Waals surface area contributed by atoms with E-state index in [9.17, 15) is 9.59 Å². The molecule has 0 aromatic rings. The van der Waals surface area contributed by atoms with Crippen LogP contribution in [-0.2, 0) is 14.3 Å². The molecular weight excluding hydrogens is 312 g/mol. The first-order chi connectivity index (χ1) is 12.1. The maximum absolute atomic E-state index is 11.7. The number of carbonyl (C=O) groups excluding carboxylic acids is 2. The van der Waals surface area contributed by atoms with Gasteiger partial charge in [-0.05, 0) is 31.6 Å². The average molecular weight is 349 g/mol. The normalized spacial score (nSPS) is 12.0. The van der Waals surface area contributed by atoms with E-state index in [0.717, 1.165) is 25.7 Å². The van der Waals surface area contributed by atoms with Gasteiger partial charge in [0.25, 0.3) is 0 Å². The van der Waals surface area contributed by atoms with Crippen molar-refractivity contribution in [3.63, 3.8) is 0 Å². The van der Waals surface area contributed by atoms with Crippen molar-refractivity contribution < 1.29 is 14.3 Å². The van der Waals surface area contributed by atoms with Gasteiger partial charge in [-0.2, -0.15) is 0 Å². The molecule has 0 amide bonds. The van der Waals surface area contributed by atoms with Crippen LogP contribution >= 0.6 is 0 Å². The third-order valence-corrected chi connectivity index (χ3v) is 3.59. The third-order valence-electron chi connectivity index (χ3n) is 3.59. The molecule has 3 nitrogen and oxygen atoms in total. The van der Waals surface area contributed by atoms with E-state index in [4.69, 9.17) is 4.74 Å². The van der Waals surface area contributed by atoms with Crippen LogP contribution < -0.4 is 0 Å². The molecule has 0 atom stereocenters. The summed E-state index contributed by atoms with van der Waals surface area (Å²) >= 11 is 0. The molecule has 0 aliphatic heterocycles. The summed E-state index contributed by atoms with van der Waals surface area (Å²) in [5.41, 5.74) is 0. The fraction of sp³-hybridized carbons (Fsp3) is 0.636. The monoisotopic (exact) mass is 348 g/mol. The van der Waals surface area contributed by atoms with E-state index in [-0.39, 0.29) is 18.2 Å². The highest BCUT2D eigenvalue weighted by molar-refractivity contribution is 5.82. The Morgan fingerprint density at radius 3 is 2.08 bits per heavy atom. The summed E-state index contributed by atoms with van der Waals surface area (Å²) in [4.78, 5) is 23.2. The van der Waals surface area contributed by atoms with E-state index in [1.807, 2.05) is 26.0 Å². The minimum absolute atomic E-state index is 0.155. The molecule has 0 aliphatic rings. The van der Waals surface area contributed by atoms with Gasteiger partial charge >= 0.3 is 5.97 Å². The molecule has 0 heterocycles. The van der Waals surface area contributed by atoms with Crippen LogP contribution in [0, 0.1) is 5.92 Å². The smallest absolute Gasteiger partial charge is 0.306 e. The molecule has 0 spiro atoms. The van der Waals surface area contributed by atoms with Crippen molar-refractivity contribution in [2.75, 3.05) is 6.61 Å². The van der Waals surface area contributed by atoms with E-state index in [0.29, 0.717) is 25.4 Å². The summed E-state index contributed by atoms with van der Waals surface area (Å²) in [7, 11) is 0. The number of rotatable bonds is 15. The standard InChI is InChI=1S/C22H36O3/c1-4-5-6-7-8-9-10-11-12-13-14-15-16-21(23)17-18-22(24)25-19-20(2)3/h7-12,20H,4-6,13-19H2,1-3H3. The zero-order chi connectivity index (χ0) is 18.8. The van der Waals surface area contributed by atoms with Gasteiger partial charge in [-0.15, -0.1) is 0 Å². The Labute approximate surface area is 154 Å².